The minimum Gasteiger partial charge on any atom is -0.462 e. The molecule has 0 aliphatic carbocycles. The van der Waals surface area contributed by atoms with Crippen LogP contribution in [0.2, 0.25) is 30.7 Å². The van der Waals surface area contributed by atoms with E-state index in [4.69, 9.17) is 21.1 Å². The molecule has 0 aliphatic rings. The fraction of sp³-hybridized carbons (Fsp3) is 0.364. The van der Waals surface area contributed by atoms with Crippen LogP contribution in [0.5, 0.6) is 0 Å². The van der Waals surface area contributed by atoms with Crippen LogP contribution in [0.1, 0.15) is 22.8 Å². The normalized spacial score (nSPS) is 11.8. The molecular formula is C22H27ClN2O3Si. The summed E-state index contributed by atoms with van der Waals surface area (Å²) in [6.07, 6.45) is 1.77. The fourth-order valence-electron chi connectivity index (χ4n) is 2.90. The van der Waals surface area contributed by atoms with E-state index in [9.17, 15) is 4.79 Å². The molecule has 0 radical (unpaired) electrons. The minimum atomic E-state index is -1.11. The average molecular weight is 431 g/mol. The monoisotopic (exact) mass is 430 g/mol. The van der Waals surface area contributed by atoms with Crippen LogP contribution in [0, 0.1) is 0 Å². The van der Waals surface area contributed by atoms with Crippen molar-refractivity contribution in [3.05, 3.63) is 52.7 Å². The van der Waals surface area contributed by atoms with Crippen LogP contribution in [0.3, 0.4) is 0 Å². The molecule has 2 heterocycles. The summed E-state index contributed by atoms with van der Waals surface area (Å²) >= 11 is 6.62. The lowest BCUT2D eigenvalue weighted by Crippen LogP contribution is -2.21. The number of aromatic amines is 1. The quantitative estimate of drug-likeness (QED) is 0.274. The highest BCUT2D eigenvalue weighted by Crippen LogP contribution is 2.31. The summed E-state index contributed by atoms with van der Waals surface area (Å²) in [6.45, 7) is 10.3. The molecule has 29 heavy (non-hydrogen) atoms. The van der Waals surface area contributed by atoms with Crippen LogP contribution in [0.25, 0.3) is 22.3 Å². The van der Waals surface area contributed by atoms with Crippen molar-refractivity contribution in [2.24, 2.45) is 0 Å². The van der Waals surface area contributed by atoms with Gasteiger partial charge in [0.15, 0.2) is 0 Å². The first-order valence-electron chi connectivity index (χ1n) is 9.80. The molecule has 0 fully saturated rings. The first-order valence-corrected chi connectivity index (χ1v) is 13.9. The highest BCUT2D eigenvalue weighted by atomic mass is 35.5. The number of fused-ring (bicyclic) bond motifs is 1. The second-order valence-corrected chi connectivity index (χ2v) is 14.2. The third kappa shape index (κ3) is 5.47. The number of aromatic nitrogens is 2. The van der Waals surface area contributed by atoms with E-state index < -0.39 is 8.07 Å². The Morgan fingerprint density at radius 1 is 1.21 bits per heavy atom. The van der Waals surface area contributed by atoms with Gasteiger partial charge in [0.1, 0.15) is 5.65 Å². The van der Waals surface area contributed by atoms with E-state index in [-0.39, 0.29) is 5.97 Å². The number of H-pyrrole nitrogens is 1. The highest BCUT2D eigenvalue weighted by Gasteiger charge is 2.14. The maximum absolute atomic E-state index is 11.8. The molecule has 0 aliphatic heterocycles. The molecule has 0 unspecified atom stereocenters. The molecule has 0 saturated carbocycles. The van der Waals surface area contributed by atoms with Gasteiger partial charge in [-0.05, 0) is 36.7 Å². The summed E-state index contributed by atoms with van der Waals surface area (Å²) < 4.78 is 10.9. The summed E-state index contributed by atoms with van der Waals surface area (Å²) in [6, 6.07) is 10.4. The SMILES string of the molecule is CCOC(=O)c1ccc(-c2cc3c(Cl)c(COCC[Si](C)(C)C)cnc3[nH]2)cc1. The van der Waals surface area contributed by atoms with Gasteiger partial charge >= 0.3 is 5.97 Å². The van der Waals surface area contributed by atoms with Gasteiger partial charge in [0, 0.05) is 37.5 Å². The predicted octanol–water partition coefficient (Wildman–Crippen LogP) is 5.91. The summed E-state index contributed by atoms with van der Waals surface area (Å²) in [7, 11) is -1.11. The minimum absolute atomic E-state index is 0.320. The van der Waals surface area contributed by atoms with Crippen molar-refractivity contribution in [1.82, 2.24) is 9.97 Å². The second kappa shape index (κ2) is 9.11. The zero-order valence-electron chi connectivity index (χ0n) is 17.3. The predicted molar refractivity (Wildman–Crippen MR) is 120 cm³/mol. The summed E-state index contributed by atoms with van der Waals surface area (Å²) in [4.78, 5) is 19.6. The number of rotatable bonds is 8. The van der Waals surface area contributed by atoms with Crippen molar-refractivity contribution < 1.29 is 14.3 Å². The molecule has 2 aromatic heterocycles. The number of halogens is 1. The maximum Gasteiger partial charge on any atom is 0.338 e. The number of nitrogens with zero attached hydrogens (tertiary/aromatic N) is 1. The van der Waals surface area contributed by atoms with E-state index in [1.165, 1.54) is 0 Å². The number of hydrogen-bond acceptors (Lipinski definition) is 4. The lowest BCUT2D eigenvalue weighted by Gasteiger charge is -2.15. The maximum atomic E-state index is 11.8. The molecule has 3 rings (SSSR count). The lowest BCUT2D eigenvalue weighted by atomic mass is 10.1. The number of hydrogen-bond donors (Lipinski definition) is 1. The van der Waals surface area contributed by atoms with Crippen LogP contribution >= 0.6 is 11.6 Å². The van der Waals surface area contributed by atoms with Gasteiger partial charge in [-0.15, -0.1) is 0 Å². The molecule has 0 bridgehead atoms. The Labute approximate surface area is 177 Å². The molecule has 7 heteroatoms. The van der Waals surface area contributed by atoms with Gasteiger partial charge in [-0.2, -0.15) is 0 Å². The number of nitrogens with one attached hydrogen (secondary N) is 1. The Bertz CT molecular complexity index is 994. The number of benzene rings is 1. The smallest absolute Gasteiger partial charge is 0.338 e. The molecule has 1 aromatic carbocycles. The van der Waals surface area contributed by atoms with E-state index in [2.05, 4.69) is 29.6 Å². The summed E-state index contributed by atoms with van der Waals surface area (Å²) in [5, 5.41) is 1.52. The molecular weight excluding hydrogens is 404 g/mol. The first-order chi connectivity index (χ1) is 13.8. The summed E-state index contributed by atoms with van der Waals surface area (Å²) in [5.41, 5.74) is 3.98. The molecule has 0 saturated heterocycles. The standard InChI is InChI=1S/C22H27ClN2O3Si/c1-5-28-22(26)16-8-6-15(7-9-16)19-12-18-20(23)17(13-24-21(18)25-19)14-27-10-11-29(2,3)4/h6-9,12-13H,5,10-11,14H2,1-4H3,(H,24,25). The van der Waals surface area contributed by atoms with Crippen LogP contribution < -0.4 is 0 Å². The van der Waals surface area contributed by atoms with Crippen molar-refractivity contribution in [3.8, 4) is 11.3 Å². The van der Waals surface area contributed by atoms with E-state index in [0.29, 0.717) is 23.8 Å². The second-order valence-electron chi connectivity index (χ2n) is 8.20. The van der Waals surface area contributed by atoms with E-state index in [1.54, 1.807) is 25.3 Å². The first kappa shape index (κ1) is 21.6. The average Bonchev–Trinajstić information content (AvgIpc) is 3.11. The molecule has 5 nitrogen and oxygen atoms in total. The highest BCUT2D eigenvalue weighted by molar-refractivity contribution is 6.76. The molecule has 0 spiro atoms. The van der Waals surface area contributed by atoms with Crippen molar-refractivity contribution in [3.63, 3.8) is 0 Å². The van der Waals surface area contributed by atoms with Crippen molar-refractivity contribution in [2.75, 3.05) is 13.2 Å². The third-order valence-electron chi connectivity index (χ3n) is 4.63. The van der Waals surface area contributed by atoms with Gasteiger partial charge in [0.2, 0.25) is 0 Å². The number of carbonyl (C=O) groups is 1. The largest absolute Gasteiger partial charge is 0.462 e. The van der Waals surface area contributed by atoms with Gasteiger partial charge in [-0.25, -0.2) is 9.78 Å². The Kier molecular flexibility index (Phi) is 6.77. The van der Waals surface area contributed by atoms with Gasteiger partial charge in [0.25, 0.3) is 0 Å². The zero-order valence-corrected chi connectivity index (χ0v) is 19.1. The van der Waals surface area contributed by atoms with Crippen molar-refractivity contribution in [1.29, 1.82) is 0 Å². The lowest BCUT2D eigenvalue weighted by molar-refractivity contribution is 0.0526. The van der Waals surface area contributed by atoms with E-state index in [1.807, 2.05) is 18.2 Å². The molecule has 0 amide bonds. The van der Waals surface area contributed by atoms with Gasteiger partial charge in [0.05, 0.1) is 23.8 Å². The Balaban J connectivity index is 1.76. The van der Waals surface area contributed by atoms with Gasteiger partial charge < -0.3 is 14.5 Å². The van der Waals surface area contributed by atoms with Crippen LogP contribution in [-0.4, -0.2) is 37.2 Å². The molecule has 0 atom stereocenters. The number of pyridine rings is 1. The zero-order chi connectivity index (χ0) is 21.0. The van der Waals surface area contributed by atoms with Gasteiger partial charge in [-0.3, -0.25) is 0 Å². The van der Waals surface area contributed by atoms with Crippen LogP contribution in [0.15, 0.2) is 36.5 Å². The Hall–Kier alpha value is -2.15. The molecule has 1 N–H and O–H groups in total. The summed E-state index contributed by atoms with van der Waals surface area (Å²) in [5.74, 6) is -0.320. The molecule has 3 aromatic rings. The Morgan fingerprint density at radius 3 is 2.59 bits per heavy atom. The van der Waals surface area contributed by atoms with Crippen molar-refractivity contribution >= 4 is 36.7 Å². The fourth-order valence-corrected chi connectivity index (χ4v) is 3.91. The van der Waals surface area contributed by atoms with E-state index >= 15 is 0 Å². The number of ether oxygens (including phenoxy) is 2. The van der Waals surface area contributed by atoms with E-state index in [0.717, 1.165) is 40.5 Å². The van der Waals surface area contributed by atoms with Gasteiger partial charge in [-0.1, -0.05) is 43.4 Å². The van der Waals surface area contributed by atoms with Crippen LogP contribution in [-0.2, 0) is 16.1 Å². The number of carbonyl (C=O) groups excluding carboxylic acids is 1. The Morgan fingerprint density at radius 2 is 1.93 bits per heavy atom. The number of esters is 1. The van der Waals surface area contributed by atoms with Crippen LogP contribution in [0.4, 0.5) is 0 Å². The third-order valence-corrected chi connectivity index (χ3v) is 6.78. The molecule has 154 valence electrons. The topological polar surface area (TPSA) is 64.2 Å². The van der Waals surface area contributed by atoms with Crippen molar-refractivity contribution in [2.45, 2.75) is 39.2 Å².